The molecule has 1 fully saturated rings. The van der Waals surface area contributed by atoms with Crippen LogP contribution < -0.4 is 5.32 Å². The zero-order valence-corrected chi connectivity index (χ0v) is 8.76. The van der Waals surface area contributed by atoms with Crippen molar-refractivity contribution in [2.24, 2.45) is 0 Å². The van der Waals surface area contributed by atoms with Crippen LogP contribution in [-0.2, 0) is 11.3 Å². The zero-order chi connectivity index (χ0) is 10.0. The highest BCUT2D eigenvalue weighted by Gasteiger charge is 2.28. The number of hydrogen-bond acceptors (Lipinski definition) is 3. The van der Waals surface area contributed by atoms with Gasteiger partial charge in [-0.1, -0.05) is 0 Å². The summed E-state index contributed by atoms with van der Waals surface area (Å²) in [4.78, 5) is 7.36. The van der Waals surface area contributed by atoms with Gasteiger partial charge >= 0.3 is 0 Å². The van der Waals surface area contributed by atoms with E-state index in [0.717, 1.165) is 37.7 Å². The van der Waals surface area contributed by atoms with E-state index in [0.29, 0.717) is 0 Å². The minimum atomic E-state index is 0.138. The maximum atomic E-state index is 5.37. The standard InChI is InChI=1S/C10H17N3O/c1-8-11-5-9(13-8)6-12-10(2)3-4-14-7-10/h5,12H,3-4,6-7H2,1-2H3,(H,11,13). The highest BCUT2D eigenvalue weighted by Crippen LogP contribution is 2.17. The van der Waals surface area contributed by atoms with Gasteiger partial charge in [-0.05, 0) is 20.3 Å². The van der Waals surface area contributed by atoms with Gasteiger partial charge in [-0.15, -0.1) is 0 Å². The van der Waals surface area contributed by atoms with Crippen molar-refractivity contribution in [2.75, 3.05) is 13.2 Å². The summed E-state index contributed by atoms with van der Waals surface area (Å²) in [5.41, 5.74) is 1.27. The van der Waals surface area contributed by atoms with Crippen molar-refractivity contribution in [3.05, 3.63) is 17.7 Å². The quantitative estimate of drug-likeness (QED) is 0.756. The Morgan fingerprint density at radius 2 is 2.57 bits per heavy atom. The van der Waals surface area contributed by atoms with E-state index in [-0.39, 0.29) is 5.54 Å². The Balaban J connectivity index is 1.87. The molecule has 1 aliphatic rings. The van der Waals surface area contributed by atoms with Gasteiger partial charge in [0.1, 0.15) is 5.82 Å². The van der Waals surface area contributed by atoms with Gasteiger partial charge in [0.25, 0.3) is 0 Å². The summed E-state index contributed by atoms with van der Waals surface area (Å²) in [5.74, 6) is 0.967. The van der Waals surface area contributed by atoms with Gasteiger partial charge in [-0.3, -0.25) is 0 Å². The number of ether oxygens (including phenoxy) is 1. The number of aromatic amines is 1. The van der Waals surface area contributed by atoms with Gasteiger partial charge in [0.2, 0.25) is 0 Å². The second kappa shape index (κ2) is 3.71. The molecule has 1 saturated heterocycles. The van der Waals surface area contributed by atoms with Gasteiger partial charge < -0.3 is 15.0 Å². The van der Waals surface area contributed by atoms with Crippen LogP contribution >= 0.6 is 0 Å². The fourth-order valence-electron chi connectivity index (χ4n) is 1.68. The summed E-state index contributed by atoms with van der Waals surface area (Å²) >= 11 is 0. The number of nitrogens with one attached hydrogen (secondary N) is 2. The third-order valence-corrected chi connectivity index (χ3v) is 2.68. The number of imidazole rings is 1. The number of aromatic nitrogens is 2. The predicted octanol–water partition coefficient (Wildman–Crippen LogP) is 0.987. The van der Waals surface area contributed by atoms with Gasteiger partial charge in [0, 0.05) is 30.6 Å². The van der Waals surface area contributed by atoms with Crippen molar-refractivity contribution in [1.29, 1.82) is 0 Å². The molecule has 14 heavy (non-hydrogen) atoms. The van der Waals surface area contributed by atoms with Crippen molar-refractivity contribution < 1.29 is 4.74 Å². The average molecular weight is 195 g/mol. The maximum absolute atomic E-state index is 5.37. The van der Waals surface area contributed by atoms with Gasteiger partial charge in [0.05, 0.1) is 6.61 Å². The molecule has 0 saturated carbocycles. The van der Waals surface area contributed by atoms with Crippen LogP contribution in [0.3, 0.4) is 0 Å². The summed E-state index contributed by atoms with van der Waals surface area (Å²) < 4.78 is 5.37. The molecule has 0 aromatic carbocycles. The molecule has 1 aromatic rings. The first-order valence-corrected chi connectivity index (χ1v) is 5.01. The number of nitrogens with zero attached hydrogens (tertiary/aromatic N) is 1. The number of rotatable bonds is 3. The predicted molar refractivity (Wildman–Crippen MR) is 54.0 cm³/mol. The Kier molecular flexibility index (Phi) is 2.56. The monoisotopic (exact) mass is 195 g/mol. The normalized spacial score (nSPS) is 27.0. The molecule has 1 unspecified atom stereocenters. The van der Waals surface area contributed by atoms with Crippen LogP contribution in [0.2, 0.25) is 0 Å². The van der Waals surface area contributed by atoms with Crippen molar-refractivity contribution >= 4 is 0 Å². The molecule has 78 valence electrons. The van der Waals surface area contributed by atoms with Gasteiger partial charge in [-0.25, -0.2) is 4.98 Å². The minimum absolute atomic E-state index is 0.138. The molecule has 4 nitrogen and oxygen atoms in total. The lowest BCUT2D eigenvalue weighted by atomic mass is 10.0. The molecular weight excluding hydrogens is 178 g/mol. The molecule has 0 amide bonds. The van der Waals surface area contributed by atoms with Crippen molar-refractivity contribution in [1.82, 2.24) is 15.3 Å². The number of hydrogen-bond donors (Lipinski definition) is 2. The van der Waals surface area contributed by atoms with E-state index < -0.39 is 0 Å². The number of aryl methyl sites for hydroxylation is 1. The largest absolute Gasteiger partial charge is 0.379 e. The van der Waals surface area contributed by atoms with E-state index in [4.69, 9.17) is 4.74 Å². The fourth-order valence-corrected chi connectivity index (χ4v) is 1.68. The van der Waals surface area contributed by atoms with Crippen molar-refractivity contribution in [2.45, 2.75) is 32.4 Å². The van der Waals surface area contributed by atoms with Crippen LogP contribution in [0.25, 0.3) is 0 Å². The summed E-state index contributed by atoms with van der Waals surface area (Å²) in [6.45, 7) is 6.67. The van der Waals surface area contributed by atoms with Crippen molar-refractivity contribution in [3.8, 4) is 0 Å². The van der Waals surface area contributed by atoms with Crippen LogP contribution in [0.1, 0.15) is 24.9 Å². The Labute approximate surface area is 84.1 Å². The highest BCUT2D eigenvalue weighted by molar-refractivity contribution is 5.01. The van der Waals surface area contributed by atoms with E-state index in [1.807, 2.05) is 13.1 Å². The molecule has 1 aliphatic heterocycles. The molecule has 0 aliphatic carbocycles. The summed E-state index contributed by atoms with van der Waals surface area (Å²) in [6, 6.07) is 0. The zero-order valence-electron chi connectivity index (χ0n) is 8.76. The summed E-state index contributed by atoms with van der Waals surface area (Å²) in [5, 5.41) is 3.49. The lowest BCUT2D eigenvalue weighted by molar-refractivity contribution is 0.171. The first-order valence-electron chi connectivity index (χ1n) is 5.01. The second-order valence-electron chi connectivity index (χ2n) is 4.21. The van der Waals surface area contributed by atoms with Crippen LogP contribution in [0.5, 0.6) is 0 Å². The lowest BCUT2D eigenvalue weighted by Crippen LogP contribution is -2.42. The Morgan fingerprint density at radius 3 is 3.14 bits per heavy atom. The van der Waals surface area contributed by atoms with Crippen LogP contribution in [0.15, 0.2) is 6.20 Å². The van der Waals surface area contributed by atoms with E-state index >= 15 is 0 Å². The van der Waals surface area contributed by atoms with Crippen molar-refractivity contribution in [3.63, 3.8) is 0 Å². The first-order chi connectivity index (χ1) is 6.68. The SMILES string of the molecule is Cc1ncc(CNC2(C)CCOC2)[nH]1. The first kappa shape index (κ1) is 9.68. The maximum Gasteiger partial charge on any atom is 0.103 e. The molecular formula is C10H17N3O. The van der Waals surface area contributed by atoms with Crippen LogP contribution in [0.4, 0.5) is 0 Å². The minimum Gasteiger partial charge on any atom is -0.379 e. The van der Waals surface area contributed by atoms with Gasteiger partial charge in [0.15, 0.2) is 0 Å². The molecule has 0 radical (unpaired) electrons. The second-order valence-corrected chi connectivity index (χ2v) is 4.21. The Bertz CT molecular complexity index is 302. The molecule has 2 N–H and O–H groups in total. The average Bonchev–Trinajstić information content (AvgIpc) is 2.73. The Morgan fingerprint density at radius 1 is 1.71 bits per heavy atom. The van der Waals surface area contributed by atoms with Crippen LogP contribution in [0, 0.1) is 6.92 Å². The third-order valence-electron chi connectivity index (χ3n) is 2.68. The van der Waals surface area contributed by atoms with Crippen LogP contribution in [-0.4, -0.2) is 28.7 Å². The molecule has 2 heterocycles. The topological polar surface area (TPSA) is 49.9 Å². The molecule has 0 bridgehead atoms. The summed E-state index contributed by atoms with van der Waals surface area (Å²) in [6.07, 6.45) is 2.96. The third kappa shape index (κ3) is 2.13. The number of H-pyrrole nitrogens is 1. The summed E-state index contributed by atoms with van der Waals surface area (Å²) in [7, 11) is 0. The van der Waals surface area contributed by atoms with E-state index in [1.54, 1.807) is 0 Å². The van der Waals surface area contributed by atoms with E-state index in [2.05, 4.69) is 22.2 Å². The van der Waals surface area contributed by atoms with E-state index in [9.17, 15) is 0 Å². The smallest absolute Gasteiger partial charge is 0.103 e. The fraction of sp³-hybridized carbons (Fsp3) is 0.700. The molecule has 2 rings (SSSR count). The Hall–Kier alpha value is -0.870. The molecule has 1 atom stereocenters. The molecule has 4 heteroatoms. The lowest BCUT2D eigenvalue weighted by Gasteiger charge is -2.22. The molecule has 1 aromatic heterocycles. The highest BCUT2D eigenvalue weighted by atomic mass is 16.5. The van der Waals surface area contributed by atoms with Gasteiger partial charge in [-0.2, -0.15) is 0 Å². The van der Waals surface area contributed by atoms with E-state index in [1.165, 1.54) is 0 Å². The molecule has 0 spiro atoms.